The maximum atomic E-state index is 12.4. The number of carbonyl (C=O) groups excluding carboxylic acids is 1. The fourth-order valence-electron chi connectivity index (χ4n) is 2.61. The molecule has 1 N–H and O–H groups in total. The predicted octanol–water partition coefficient (Wildman–Crippen LogP) is 2.35. The van der Waals surface area contributed by atoms with Crippen molar-refractivity contribution >= 4 is 21.6 Å². The molecule has 7 nitrogen and oxygen atoms in total. The van der Waals surface area contributed by atoms with Crippen molar-refractivity contribution in [1.29, 1.82) is 0 Å². The summed E-state index contributed by atoms with van der Waals surface area (Å²) in [5.41, 5.74) is 1.26. The van der Waals surface area contributed by atoms with E-state index in [9.17, 15) is 13.2 Å². The van der Waals surface area contributed by atoms with E-state index in [1.54, 1.807) is 63.4 Å². The van der Waals surface area contributed by atoms with E-state index < -0.39 is 15.9 Å². The highest BCUT2D eigenvalue weighted by Crippen LogP contribution is 2.21. The number of methoxy groups -OCH3 is 1. The van der Waals surface area contributed by atoms with Crippen LogP contribution in [0.25, 0.3) is 0 Å². The highest BCUT2D eigenvalue weighted by atomic mass is 32.2. The lowest BCUT2D eigenvalue weighted by molar-refractivity contribution is -0.120. The summed E-state index contributed by atoms with van der Waals surface area (Å²) in [4.78, 5) is 12.4. The lowest BCUT2D eigenvalue weighted by Crippen LogP contribution is -2.45. The third-order valence-corrected chi connectivity index (χ3v) is 5.16. The second kappa shape index (κ2) is 9.45. The zero-order valence-corrected chi connectivity index (χ0v) is 17.3. The molecule has 0 saturated heterocycles. The lowest BCUT2D eigenvalue weighted by Gasteiger charge is -2.24. The Hall–Kier alpha value is -2.74. The highest BCUT2D eigenvalue weighted by Gasteiger charge is 2.22. The van der Waals surface area contributed by atoms with Gasteiger partial charge in [-0.25, -0.2) is 8.42 Å². The van der Waals surface area contributed by atoms with Crippen molar-refractivity contribution in [3.63, 3.8) is 0 Å². The van der Waals surface area contributed by atoms with Gasteiger partial charge in [-0.15, -0.1) is 0 Å². The predicted molar refractivity (Wildman–Crippen MR) is 109 cm³/mol. The molecule has 0 radical (unpaired) electrons. The van der Waals surface area contributed by atoms with E-state index in [-0.39, 0.29) is 19.2 Å². The van der Waals surface area contributed by atoms with Crippen LogP contribution in [0.15, 0.2) is 48.5 Å². The van der Waals surface area contributed by atoms with Crippen LogP contribution >= 0.6 is 0 Å². The van der Waals surface area contributed by atoms with Crippen molar-refractivity contribution < 1.29 is 22.7 Å². The van der Waals surface area contributed by atoms with Crippen LogP contribution in [0.1, 0.15) is 12.5 Å². The normalized spacial score (nSPS) is 12.1. The third kappa shape index (κ3) is 6.16. The summed E-state index contributed by atoms with van der Waals surface area (Å²) in [5, 5.41) is 2.77. The van der Waals surface area contributed by atoms with Gasteiger partial charge in [0.15, 0.2) is 0 Å². The molecule has 0 unspecified atom stereocenters. The fourth-order valence-corrected chi connectivity index (χ4v) is 3.52. The first-order chi connectivity index (χ1) is 13.2. The minimum absolute atomic E-state index is 0.251. The van der Waals surface area contributed by atoms with Crippen LogP contribution in [0, 0.1) is 6.92 Å². The zero-order valence-electron chi connectivity index (χ0n) is 16.5. The van der Waals surface area contributed by atoms with E-state index in [0.29, 0.717) is 11.4 Å². The number of para-hydroxylation sites is 1. The van der Waals surface area contributed by atoms with E-state index in [1.165, 1.54) is 0 Å². The van der Waals surface area contributed by atoms with Crippen LogP contribution < -0.4 is 19.1 Å². The van der Waals surface area contributed by atoms with Crippen molar-refractivity contribution in [2.75, 3.05) is 30.8 Å². The Bertz CT molecular complexity index is 897. The quantitative estimate of drug-likeness (QED) is 0.691. The minimum atomic E-state index is -3.60. The molecule has 1 amide bonds. The molecule has 0 spiro atoms. The molecule has 0 aromatic heterocycles. The number of benzene rings is 2. The number of hydrogen-bond donors (Lipinski definition) is 1. The largest absolute Gasteiger partial charge is 0.497 e. The molecule has 2 rings (SSSR count). The first-order valence-corrected chi connectivity index (χ1v) is 10.6. The standard InChI is InChI=1S/C20H26N2O5S/c1-15-7-5-6-8-19(15)22(28(4,24)25)13-20(23)21-16(2)14-27-18-11-9-17(26-3)10-12-18/h5-12,16H,13-14H2,1-4H3,(H,21,23)/t16-/m0/s1. The zero-order chi connectivity index (χ0) is 20.7. The van der Waals surface area contributed by atoms with E-state index in [1.807, 2.05) is 6.07 Å². The Balaban J connectivity index is 1.95. The third-order valence-electron chi connectivity index (χ3n) is 4.04. The topological polar surface area (TPSA) is 84.9 Å². The number of aryl methyl sites for hydroxylation is 1. The highest BCUT2D eigenvalue weighted by molar-refractivity contribution is 7.92. The summed E-state index contributed by atoms with van der Waals surface area (Å²) >= 11 is 0. The molecule has 2 aromatic carbocycles. The number of anilines is 1. The number of rotatable bonds is 9. The molecule has 28 heavy (non-hydrogen) atoms. The van der Waals surface area contributed by atoms with Crippen LogP contribution in [-0.4, -0.2) is 46.9 Å². The van der Waals surface area contributed by atoms with Crippen LogP contribution in [-0.2, 0) is 14.8 Å². The molecule has 0 bridgehead atoms. The first kappa shape index (κ1) is 21.6. The molecule has 0 saturated carbocycles. The van der Waals surface area contributed by atoms with E-state index in [2.05, 4.69) is 5.32 Å². The summed E-state index contributed by atoms with van der Waals surface area (Å²) in [6, 6.07) is 13.9. The summed E-state index contributed by atoms with van der Waals surface area (Å²) in [7, 11) is -2.02. The Morgan fingerprint density at radius 3 is 2.29 bits per heavy atom. The molecule has 0 aliphatic rings. The van der Waals surface area contributed by atoms with Gasteiger partial charge in [-0.2, -0.15) is 0 Å². The molecule has 8 heteroatoms. The Morgan fingerprint density at radius 1 is 1.11 bits per heavy atom. The van der Waals surface area contributed by atoms with Crippen molar-refractivity contribution in [2.45, 2.75) is 19.9 Å². The van der Waals surface area contributed by atoms with Gasteiger partial charge in [-0.05, 0) is 49.7 Å². The molecule has 0 aliphatic heterocycles. The van der Waals surface area contributed by atoms with Crippen LogP contribution in [0.4, 0.5) is 5.69 Å². The minimum Gasteiger partial charge on any atom is -0.497 e. The van der Waals surface area contributed by atoms with Crippen molar-refractivity contribution in [3.05, 3.63) is 54.1 Å². The van der Waals surface area contributed by atoms with Gasteiger partial charge >= 0.3 is 0 Å². The van der Waals surface area contributed by atoms with Crippen LogP contribution in [0.2, 0.25) is 0 Å². The number of amides is 1. The fraction of sp³-hybridized carbons (Fsp3) is 0.350. The van der Waals surface area contributed by atoms with Gasteiger partial charge in [0.05, 0.1) is 25.1 Å². The van der Waals surface area contributed by atoms with Gasteiger partial charge in [0, 0.05) is 0 Å². The average molecular weight is 407 g/mol. The van der Waals surface area contributed by atoms with Crippen molar-refractivity contribution in [1.82, 2.24) is 5.32 Å². The SMILES string of the molecule is COc1ccc(OC[C@H](C)NC(=O)CN(c2ccccc2C)S(C)(=O)=O)cc1. The molecular formula is C20H26N2O5S. The van der Waals surface area contributed by atoms with Crippen molar-refractivity contribution in [3.8, 4) is 11.5 Å². The summed E-state index contributed by atoms with van der Waals surface area (Å²) in [5.74, 6) is 0.977. The number of ether oxygens (including phenoxy) is 2. The molecule has 1 atom stereocenters. The molecule has 152 valence electrons. The summed E-state index contributed by atoms with van der Waals surface area (Å²) in [6.07, 6.45) is 1.09. The molecule has 0 heterocycles. The average Bonchev–Trinajstić information content (AvgIpc) is 2.65. The van der Waals surface area contributed by atoms with Crippen LogP contribution in [0.5, 0.6) is 11.5 Å². The molecule has 0 fully saturated rings. The monoisotopic (exact) mass is 406 g/mol. The van der Waals surface area contributed by atoms with E-state index in [0.717, 1.165) is 21.9 Å². The van der Waals surface area contributed by atoms with E-state index >= 15 is 0 Å². The Morgan fingerprint density at radius 2 is 1.71 bits per heavy atom. The summed E-state index contributed by atoms with van der Waals surface area (Å²) in [6.45, 7) is 3.55. The maximum Gasteiger partial charge on any atom is 0.241 e. The first-order valence-electron chi connectivity index (χ1n) is 8.80. The Labute approximate surface area is 166 Å². The summed E-state index contributed by atoms with van der Waals surface area (Å²) < 4.78 is 36.2. The number of carbonyl (C=O) groups is 1. The smallest absolute Gasteiger partial charge is 0.241 e. The second-order valence-corrected chi connectivity index (χ2v) is 8.42. The Kier molecular flexibility index (Phi) is 7.28. The number of nitrogens with zero attached hydrogens (tertiary/aromatic N) is 1. The number of nitrogens with one attached hydrogen (secondary N) is 1. The molecule has 2 aromatic rings. The van der Waals surface area contributed by atoms with Gasteiger partial charge in [0.1, 0.15) is 24.7 Å². The van der Waals surface area contributed by atoms with Gasteiger partial charge < -0.3 is 14.8 Å². The van der Waals surface area contributed by atoms with Crippen LogP contribution in [0.3, 0.4) is 0 Å². The van der Waals surface area contributed by atoms with Crippen molar-refractivity contribution in [2.24, 2.45) is 0 Å². The molecule has 0 aliphatic carbocycles. The number of hydrogen-bond acceptors (Lipinski definition) is 5. The van der Waals surface area contributed by atoms with Gasteiger partial charge in [0.2, 0.25) is 15.9 Å². The maximum absolute atomic E-state index is 12.4. The van der Waals surface area contributed by atoms with Gasteiger partial charge in [-0.1, -0.05) is 18.2 Å². The van der Waals surface area contributed by atoms with Gasteiger partial charge in [-0.3, -0.25) is 9.10 Å². The molecular weight excluding hydrogens is 380 g/mol. The van der Waals surface area contributed by atoms with Gasteiger partial charge in [0.25, 0.3) is 0 Å². The number of sulfonamides is 1. The van der Waals surface area contributed by atoms with E-state index in [4.69, 9.17) is 9.47 Å². The second-order valence-electron chi connectivity index (χ2n) is 6.51. The lowest BCUT2D eigenvalue weighted by atomic mass is 10.2.